The zero-order chi connectivity index (χ0) is 27.2. The Balaban J connectivity index is 1.46. The molecule has 4 rings (SSSR count). The molecular weight excluding hydrogens is 529 g/mol. The molecular formula is C25H28ClF3N4O3S. The fourth-order valence-electron chi connectivity index (χ4n) is 4.91. The van der Waals surface area contributed by atoms with Gasteiger partial charge in [-0.1, -0.05) is 11.6 Å². The van der Waals surface area contributed by atoms with Crippen molar-refractivity contribution in [1.82, 2.24) is 9.62 Å². The van der Waals surface area contributed by atoms with E-state index in [0.29, 0.717) is 6.42 Å². The van der Waals surface area contributed by atoms with Crippen LogP contribution in [0.25, 0.3) is 0 Å². The molecule has 12 heteroatoms. The average molecular weight is 557 g/mol. The number of aliphatic imine (C=N–C) groups is 1. The number of amides is 1. The van der Waals surface area contributed by atoms with E-state index < -0.39 is 38.2 Å². The van der Waals surface area contributed by atoms with Crippen LogP contribution in [0.5, 0.6) is 0 Å². The number of sulfonamides is 1. The van der Waals surface area contributed by atoms with E-state index in [1.807, 2.05) is 33.0 Å². The van der Waals surface area contributed by atoms with Gasteiger partial charge in [-0.25, -0.2) is 12.7 Å². The Kier molecular flexibility index (Phi) is 7.35. The van der Waals surface area contributed by atoms with E-state index in [2.05, 4.69) is 15.6 Å². The number of carbonyl (C=O) groups is 1. The van der Waals surface area contributed by atoms with E-state index in [4.69, 9.17) is 11.6 Å². The molecule has 0 aromatic heterocycles. The highest BCUT2D eigenvalue weighted by atomic mass is 35.5. The summed E-state index contributed by atoms with van der Waals surface area (Å²) in [5, 5.41) is 5.22. The molecule has 2 aliphatic heterocycles. The predicted octanol–water partition coefficient (Wildman–Crippen LogP) is 4.30. The third kappa shape index (κ3) is 5.49. The zero-order valence-electron chi connectivity index (χ0n) is 20.7. The number of carbonyl (C=O) groups excluding carboxylic acids is 1. The first kappa shape index (κ1) is 27.4. The van der Waals surface area contributed by atoms with Crippen molar-refractivity contribution in [2.75, 3.05) is 31.2 Å². The molecule has 0 bridgehead atoms. The normalized spacial score (nSPS) is 18.1. The summed E-state index contributed by atoms with van der Waals surface area (Å²) in [6.45, 7) is 4.09. The smallest absolute Gasteiger partial charge is 0.388 e. The van der Waals surface area contributed by atoms with Crippen LogP contribution in [-0.2, 0) is 27.4 Å². The predicted molar refractivity (Wildman–Crippen MR) is 138 cm³/mol. The topological polar surface area (TPSA) is 90.9 Å². The largest absolute Gasteiger partial charge is 0.417 e. The minimum Gasteiger partial charge on any atom is -0.388 e. The molecule has 37 heavy (non-hydrogen) atoms. The molecule has 0 saturated carbocycles. The van der Waals surface area contributed by atoms with Gasteiger partial charge in [-0.15, -0.1) is 0 Å². The SMILES string of the molecule is CNc1cc(C)c(CCS(=O)(=O)N2CCC3(CC2)N=C(c2ccc(Cl)c(C(F)(F)F)c2)NC3=O)c(C)c1. The van der Waals surface area contributed by atoms with Crippen LogP contribution >= 0.6 is 11.6 Å². The Hall–Kier alpha value is -2.63. The second-order valence-electron chi connectivity index (χ2n) is 9.44. The first-order valence-corrected chi connectivity index (χ1v) is 13.8. The number of hydrogen-bond acceptors (Lipinski definition) is 5. The highest BCUT2D eigenvalue weighted by Crippen LogP contribution is 2.37. The summed E-state index contributed by atoms with van der Waals surface area (Å²) in [5.74, 6) is -0.481. The molecule has 1 fully saturated rings. The van der Waals surface area contributed by atoms with Crippen molar-refractivity contribution >= 4 is 39.1 Å². The van der Waals surface area contributed by atoms with Crippen LogP contribution in [0.4, 0.5) is 18.9 Å². The van der Waals surface area contributed by atoms with Crippen molar-refractivity contribution < 1.29 is 26.4 Å². The van der Waals surface area contributed by atoms with Crippen LogP contribution in [0.15, 0.2) is 35.3 Å². The molecule has 0 unspecified atom stereocenters. The van der Waals surface area contributed by atoms with E-state index in [1.54, 1.807) is 0 Å². The average Bonchev–Trinajstić information content (AvgIpc) is 3.13. The van der Waals surface area contributed by atoms with Crippen molar-refractivity contribution in [2.45, 2.75) is 44.8 Å². The molecule has 7 nitrogen and oxygen atoms in total. The second kappa shape index (κ2) is 9.92. The Morgan fingerprint density at radius 2 is 1.76 bits per heavy atom. The molecule has 2 N–H and O–H groups in total. The summed E-state index contributed by atoms with van der Waals surface area (Å²) in [6.07, 6.45) is -4.02. The first-order chi connectivity index (χ1) is 17.3. The lowest BCUT2D eigenvalue weighted by atomic mass is 9.89. The van der Waals surface area contributed by atoms with Gasteiger partial charge < -0.3 is 10.6 Å². The maximum absolute atomic E-state index is 13.3. The van der Waals surface area contributed by atoms with Gasteiger partial charge in [-0.05, 0) is 80.1 Å². The molecule has 1 saturated heterocycles. The molecule has 0 radical (unpaired) electrons. The molecule has 2 aliphatic rings. The monoisotopic (exact) mass is 556 g/mol. The highest BCUT2D eigenvalue weighted by Gasteiger charge is 2.47. The van der Waals surface area contributed by atoms with Crippen molar-refractivity contribution in [1.29, 1.82) is 0 Å². The number of amidine groups is 1. The van der Waals surface area contributed by atoms with Crippen molar-refractivity contribution in [3.05, 3.63) is 63.2 Å². The van der Waals surface area contributed by atoms with E-state index >= 15 is 0 Å². The minimum atomic E-state index is -4.65. The van der Waals surface area contributed by atoms with Gasteiger partial charge in [-0.3, -0.25) is 9.79 Å². The van der Waals surface area contributed by atoms with Crippen molar-refractivity contribution in [3.8, 4) is 0 Å². The second-order valence-corrected chi connectivity index (χ2v) is 11.9. The molecule has 0 aliphatic carbocycles. The molecule has 200 valence electrons. The van der Waals surface area contributed by atoms with E-state index in [9.17, 15) is 26.4 Å². The number of nitrogens with zero attached hydrogens (tertiary/aromatic N) is 2. The Bertz CT molecular complexity index is 1340. The number of rotatable bonds is 6. The summed E-state index contributed by atoms with van der Waals surface area (Å²) >= 11 is 5.70. The number of benzene rings is 2. The van der Waals surface area contributed by atoms with Gasteiger partial charge >= 0.3 is 6.18 Å². The molecule has 1 spiro atoms. The number of anilines is 1. The quantitative estimate of drug-likeness (QED) is 0.555. The van der Waals surface area contributed by atoms with Gasteiger partial charge in [0.1, 0.15) is 11.4 Å². The van der Waals surface area contributed by atoms with E-state index in [-0.39, 0.29) is 43.1 Å². The number of hydrogen-bond donors (Lipinski definition) is 2. The maximum Gasteiger partial charge on any atom is 0.417 e. The standard InChI is InChI=1S/C25H28ClF3N4O3S/c1-15-12-18(30-3)13-16(2)19(15)6-11-37(35,36)33-9-7-24(8-10-33)23(34)31-22(32-24)17-4-5-21(26)20(14-17)25(27,28)29/h4-5,12-14,30H,6-11H2,1-3H3,(H,31,32,34). The van der Waals surface area contributed by atoms with Crippen LogP contribution in [-0.4, -0.2) is 55.9 Å². The first-order valence-electron chi connectivity index (χ1n) is 11.8. The minimum absolute atomic E-state index is 0.0273. The van der Waals surface area contributed by atoms with Crippen LogP contribution < -0.4 is 10.6 Å². The lowest BCUT2D eigenvalue weighted by Crippen LogP contribution is -2.50. The number of nitrogens with one attached hydrogen (secondary N) is 2. The van der Waals surface area contributed by atoms with E-state index in [1.165, 1.54) is 10.4 Å². The van der Waals surface area contributed by atoms with Crippen LogP contribution in [0, 0.1) is 13.8 Å². The summed E-state index contributed by atoms with van der Waals surface area (Å²) in [5.41, 5.74) is 1.83. The molecule has 2 heterocycles. The van der Waals surface area contributed by atoms with E-state index in [0.717, 1.165) is 34.5 Å². The molecule has 1 amide bonds. The van der Waals surface area contributed by atoms with Crippen molar-refractivity contribution in [3.63, 3.8) is 0 Å². The number of aryl methyl sites for hydroxylation is 2. The third-order valence-corrected chi connectivity index (χ3v) is 9.26. The van der Waals surface area contributed by atoms with Crippen LogP contribution in [0.3, 0.4) is 0 Å². The van der Waals surface area contributed by atoms with Gasteiger partial charge in [0.2, 0.25) is 10.0 Å². The van der Waals surface area contributed by atoms with Crippen LogP contribution in [0.2, 0.25) is 5.02 Å². The van der Waals surface area contributed by atoms with Gasteiger partial charge in [0.15, 0.2) is 0 Å². The zero-order valence-corrected chi connectivity index (χ0v) is 22.2. The van der Waals surface area contributed by atoms with Gasteiger partial charge in [0.05, 0.1) is 16.3 Å². The molecule has 2 aromatic rings. The van der Waals surface area contributed by atoms with Gasteiger partial charge in [0.25, 0.3) is 5.91 Å². The fourth-order valence-corrected chi connectivity index (χ4v) is 6.59. The Morgan fingerprint density at radius 1 is 1.14 bits per heavy atom. The lowest BCUT2D eigenvalue weighted by Gasteiger charge is -2.34. The summed E-state index contributed by atoms with van der Waals surface area (Å²) < 4.78 is 67.4. The van der Waals surface area contributed by atoms with Crippen molar-refractivity contribution in [2.24, 2.45) is 4.99 Å². The van der Waals surface area contributed by atoms with Gasteiger partial charge in [-0.2, -0.15) is 13.2 Å². The lowest BCUT2D eigenvalue weighted by molar-refractivity contribution is -0.137. The number of alkyl halides is 3. The van der Waals surface area contributed by atoms with Crippen LogP contribution in [0.1, 0.15) is 40.7 Å². The third-order valence-electron chi connectivity index (χ3n) is 7.06. The number of piperidine rings is 1. The molecule has 2 aromatic carbocycles. The Morgan fingerprint density at radius 3 is 2.32 bits per heavy atom. The fraction of sp³-hybridized carbons (Fsp3) is 0.440. The number of halogens is 4. The Labute approximate surface area is 219 Å². The van der Waals surface area contributed by atoms with Gasteiger partial charge in [0, 0.05) is 31.4 Å². The summed E-state index contributed by atoms with van der Waals surface area (Å²) in [6, 6.07) is 7.29. The summed E-state index contributed by atoms with van der Waals surface area (Å²) in [4.78, 5) is 17.3. The molecule has 0 atom stereocenters. The maximum atomic E-state index is 13.3. The highest BCUT2D eigenvalue weighted by molar-refractivity contribution is 7.89. The summed E-state index contributed by atoms with van der Waals surface area (Å²) in [7, 11) is -1.76.